The summed E-state index contributed by atoms with van der Waals surface area (Å²) in [4.78, 5) is 12.0. The van der Waals surface area contributed by atoms with E-state index in [1.165, 1.54) is 0 Å². The first-order valence-corrected chi connectivity index (χ1v) is 8.52. The molecule has 0 saturated heterocycles. The van der Waals surface area contributed by atoms with Crippen LogP contribution in [0.5, 0.6) is 5.75 Å². The van der Waals surface area contributed by atoms with Crippen LogP contribution in [0.3, 0.4) is 0 Å². The number of rotatable bonds is 8. The van der Waals surface area contributed by atoms with Gasteiger partial charge in [0.05, 0.1) is 0 Å². The summed E-state index contributed by atoms with van der Waals surface area (Å²) >= 11 is 0. The summed E-state index contributed by atoms with van der Waals surface area (Å²) in [5.41, 5.74) is 2.77. The van der Waals surface area contributed by atoms with Crippen LogP contribution in [0.2, 0.25) is 0 Å². The normalized spacial score (nSPS) is 11.6. The molecule has 134 valence electrons. The Balaban J connectivity index is 1.92. The lowest BCUT2D eigenvalue weighted by atomic mass is 10.1. The monoisotopic (exact) mass is 342 g/mol. The number of amides is 2. The molecule has 0 aliphatic carbocycles. The molecule has 0 saturated carbocycles. The minimum absolute atomic E-state index is 0.132. The third-order valence-corrected chi connectivity index (χ3v) is 4.06. The number of aliphatic hydroxyl groups excluding tert-OH is 1. The number of para-hydroxylation sites is 1. The van der Waals surface area contributed by atoms with Crippen LogP contribution in [0.25, 0.3) is 0 Å². The van der Waals surface area contributed by atoms with Crippen molar-refractivity contribution in [3.63, 3.8) is 0 Å². The van der Waals surface area contributed by atoms with E-state index in [9.17, 15) is 4.79 Å². The summed E-state index contributed by atoms with van der Waals surface area (Å²) in [6.07, 6.45) is 0.672. The van der Waals surface area contributed by atoms with Crippen LogP contribution in [0.1, 0.15) is 24.5 Å². The maximum atomic E-state index is 12.0. The Morgan fingerprint density at radius 2 is 1.92 bits per heavy atom. The number of ether oxygens (including phenoxy) is 1. The Bertz CT molecular complexity index is 674. The average Bonchev–Trinajstić information content (AvgIpc) is 2.62. The standard InChI is InChI=1S/C20H26N2O3/c1-15(11-12-23)13-21-20(24)22-19-10-6-7-17(16(19)2)14-25-18-8-4-3-5-9-18/h3-10,15,23H,11-14H2,1-2H3,(H2,21,22,24). The van der Waals surface area contributed by atoms with Crippen molar-refractivity contribution in [3.05, 3.63) is 59.7 Å². The fraction of sp³-hybridized carbons (Fsp3) is 0.350. The van der Waals surface area contributed by atoms with Crippen LogP contribution in [-0.2, 0) is 6.61 Å². The van der Waals surface area contributed by atoms with Crippen LogP contribution in [0, 0.1) is 12.8 Å². The highest BCUT2D eigenvalue weighted by Gasteiger charge is 2.09. The van der Waals surface area contributed by atoms with Gasteiger partial charge in [0.15, 0.2) is 0 Å². The SMILES string of the molecule is Cc1c(COc2ccccc2)cccc1NC(=O)NCC(C)CCO. The van der Waals surface area contributed by atoms with E-state index in [1.54, 1.807) is 0 Å². The molecular formula is C20H26N2O3. The van der Waals surface area contributed by atoms with Crippen LogP contribution >= 0.6 is 0 Å². The number of urea groups is 1. The Morgan fingerprint density at radius 1 is 1.16 bits per heavy atom. The van der Waals surface area contributed by atoms with Gasteiger partial charge in [-0.05, 0) is 48.6 Å². The molecule has 2 amide bonds. The fourth-order valence-electron chi connectivity index (χ4n) is 2.41. The maximum Gasteiger partial charge on any atom is 0.319 e. The number of nitrogens with one attached hydrogen (secondary N) is 2. The molecule has 1 atom stereocenters. The molecule has 25 heavy (non-hydrogen) atoms. The molecule has 5 nitrogen and oxygen atoms in total. The molecule has 0 radical (unpaired) electrons. The molecule has 0 fully saturated rings. The van der Waals surface area contributed by atoms with Gasteiger partial charge in [-0.15, -0.1) is 0 Å². The summed E-state index contributed by atoms with van der Waals surface area (Å²) in [7, 11) is 0. The van der Waals surface area contributed by atoms with Gasteiger partial charge in [-0.3, -0.25) is 0 Å². The first-order valence-electron chi connectivity index (χ1n) is 8.52. The number of benzene rings is 2. The number of carbonyl (C=O) groups excluding carboxylic acids is 1. The number of hydrogen-bond acceptors (Lipinski definition) is 3. The van der Waals surface area contributed by atoms with Crippen LogP contribution in [0.15, 0.2) is 48.5 Å². The molecule has 0 bridgehead atoms. The predicted octanol–water partition coefficient (Wildman–Crippen LogP) is 3.71. The van der Waals surface area contributed by atoms with E-state index < -0.39 is 0 Å². The van der Waals surface area contributed by atoms with Gasteiger partial charge in [-0.25, -0.2) is 4.79 Å². The number of aliphatic hydroxyl groups is 1. The summed E-state index contributed by atoms with van der Waals surface area (Å²) in [5, 5.41) is 14.6. The van der Waals surface area contributed by atoms with Crippen molar-refractivity contribution in [1.82, 2.24) is 5.32 Å². The van der Waals surface area contributed by atoms with Gasteiger partial charge in [0, 0.05) is 18.8 Å². The zero-order valence-corrected chi connectivity index (χ0v) is 14.8. The Labute approximate surface area is 149 Å². The number of hydrogen-bond donors (Lipinski definition) is 3. The molecule has 1 unspecified atom stereocenters. The minimum Gasteiger partial charge on any atom is -0.489 e. The lowest BCUT2D eigenvalue weighted by Crippen LogP contribution is -2.32. The average molecular weight is 342 g/mol. The highest BCUT2D eigenvalue weighted by atomic mass is 16.5. The highest BCUT2D eigenvalue weighted by molar-refractivity contribution is 5.90. The van der Waals surface area contributed by atoms with Crippen LogP contribution in [-0.4, -0.2) is 24.3 Å². The van der Waals surface area contributed by atoms with Gasteiger partial charge in [0.25, 0.3) is 0 Å². The Morgan fingerprint density at radius 3 is 2.64 bits per heavy atom. The van der Waals surface area contributed by atoms with E-state index in [-0.39, 0.29) is 18.6 Å². The van der Waals surface area contributed by atoms with Gasteiger partial charge in [-0.1, -0.05) is 37.3 Å². The van der Waals surface area contributed by atoms with E-state index in [1.807, 2.05) is 62.4 Å². The maximum absolute atomic E-state index is 12.0. The molecular weight excluding hydrogens is 316 g/mol. The number of anilines is 1. The van der Waals surface area contributed by atoms with Crippen LogP contribution in [0.4, 0.5) is 10.5 Å². The second-order valence-corrected chi connectivity index (χ2v) is 6.14. The molecule has 0 spiro atoms. The third kappa shape index (κ3) is 6.12. The quantitative estimate of drug-likeness (QED) is 0.685. The molecule has 0 aliphatic rings. The smallest absolute Gasteiger partial charge is 0.319 e. The van der Waals surface area contributed by atoms with Crippen molar-refractivity contribution in [3.8, 4) is 5.75 Å². The van der Waals surface area contributed by atoms with E-state index in [0.29, 0.717) is 19.6 Å². The lowest BCUT2D eigenvalue weighted by Gasteiger charge is -2.15. The molecule has 2 aromatic carbocycles. The molecule has 0 heterocycles. The first-order chi connectivity index (χ1) is 12.1. The summed E-state index contributed by atoms with van der Waals surface area (Å²) in [6.45, 7) is 5.06. The fourth-order valence-corrected chi connectivity index (χ4v) is 2.41. The molecule has 0 aromatic heterocycles. The third-order valence-electron chi connectivity index (χ3n) is 4.06. The van der Waals surface area contributed by atoms with Crippen LogP contribution < -0.4 is 15.4 Å². The van der Waals surface area contributed by atoms with Crippen molar-refractivity contribution in [2.75, 3.05) is 18.5 Å². The topological polar surface area (TPSA) is 70.6 Å². The summed E-state index contributed by atoms with van der Waals surface area (Å²) < 4.78 is 5.79. The first kappa shape index (κ1) is 18.8. The number of carbonyl (C=O) groups is 1. The molecule has 2 aromatic rings. The van der Waals surface area contributed by atoms with Gasteiger partial charge in [-0.2, -0.15) is 0 Å². The zero-order chi connectivity index (χ0) is 18.1. The van der Waals surface area contributed by atoms with E-state index in [0.717, 1.165) is 22.6 Å². The van der Waals surface area contributed by atoms with Gasteiger partial charge < -0.3 is 20.5 Å². The predicted molar refractivity (Wildman–Crippen MR) is 99.8 cm³/mol. The Hall–Kier alpha value is -2.53. The zero-order valence-electron chi connectivity index (χ0n) is 14.8. The second-order valence-electron chi connectivity index (χ2n) is 6.14. The van der Waals surface area contributed by atoms with Crippen molar-refractivity contribution in [2.24, 2.45) is 5.92 Å². The van der Waals surface area contributed by atoms with Crippen molar-refractivity contribution >= 4 is 11.7 Å². The van der Waals surface area contributed by atoms with Crippen molar-refractivity contribution in [2.45, 2.75) is 26.9 Å². The summed E-state index contributed by atoms with van der Waals surface area (Å²) in [5.74, 6) is 1.05. The van der Waals surface area contributed by atoms with Gasteiger partial charge in [0.1, 0.15) is 12.4 Å². The second kappa shape index (κ2) is 9.69. The van der Waals surface area contributed by atoms with Gasteiger partial charge in [0.2, 0.25) is 0 Å². The van der Waals surface area contributed by atoms with Crippen molar-refractivity contribution in [1.29, 1.82) is 0 Å². The minimum atomic E-state index is -0.242. The van der Waals surface area contributed by atoms with E-state index >= 15 is 0 Å². The molecule has 3 N–H and O–H groups in total. The molecule has 5 heteroatoms. The molecule has 2 rings (SSSR count). The summed E-state index contributed by atoms with van der Waals surface area (Å²) in [6, 6.07) is 15.2. The molecule has 0 aliphatic heterocycles. The highest BCUT2D eigenvalue weighted by Crippen LogP contribution is 2.21. The largest absolute Gasteiger partial charge is 0.489 e. The van der Waals surface area contributed by atoms with E-state index in [2.05, 4.69) is 10.6 Å². The van der Waals surface area contributed by atoms with E-state index in [4.69, 9.17) is 9.84 Å². The lowest BCUT2D eigenvalue weighted by molar-refractivity contribution is 0.243. The van der Waals surface area contributed by atoms with Crippen molar-refractivity contribution < 1.29 is 14.6 Å². The van der Waals surface area contributed by atoms with Gasteiger partial charge >= 0.3 is 6.03 Å². The Kier molecular flexibility index (Phi) is 7.29.